The highest BCUT2D eigenvalue weighted by molar-refractivity contribution is 6.30. The van der Waals surface area contributed by atoms with Crippen LogP contribution >= 0.6 is 11.6 Å². The number of carbonyl (C=O) groups is 1. The average Bonchev–Trinajstić information content (AvgIpc) is 2.56. The molecule has 2 rings (SSSR count). The highest BCUT2D eigenvalue weighted by Gasteiger charge is 2.17. The second-order valence-corrected chi connectivity index (χ2v) is 5.52. The highest BCUT2D eigenvalue weighted by Crippen LogP contribution is 2.23. The van der Waals surface area contributed by atoms with Crippen molar-refractivity contribution in [2.45, 2.75) is 13.0 Å². The minimum Gasteiger partial charge on any atom is -0.287 e. The van der Waals surface area contributed by atoms with Gasteiger partial charge in [-0.1, -0.05) is 54.9 Å². The largest absolute Gasteiger partial charge is 0.287 e. The lowest BCUT2D eigenvalue weighted by atomic mass is 9.95. The van der Waals surface area contributed by atoms with Gasteiger partial charge in [0.25, 0.3) is 5.91 Å². The predicted molar refractivity (Wildman–Crippen MR) is 90.6 cm³/mol. The number of halogens is 1. The van der Waals surface area contributed by atoms with Crippen molar-refractivity contribution in [3.63, 3.8) is 0 Å². The first-order valence-electron chi connectivity index (χ1n) is 7.10. The molecule has 3 nitrogen and oxygen atoms in total. The zero-order valence-electron chi connectivity index (χ0n) is 12.4. The van der Waals surface area contributed by atoms with Gasteiger partial charge in [0.2, 0.25) is 0 Å². The van der Waals surface area contributed by atoms with Crippen LogP contribution < -0.4 is 10.9 Å². The molecule has 0 aromatic heterocycles. The Morgan fingerprint density at radius 3 is 2.36 bits per heavy atom. The molecule has 0 aliphatic heterocycles. The van der Waals surface area contributed by atoms with Crippen molar-refractivity contribution < 1.29 is 4.79 Å². The molecule has 22 heavy (non-hydrogen) atoms. The lowest BCUT2D eigenvalue weighted by molar-refractivity contribution is 0.0921. The fraction of sp³-hybridized carbons (Fsp3) is 0.167. The molecule has 0 aliphatic carbocycles. The highest BCUT2D eigenvalue weighted by atomic mass is 35.5. The molecule has 2 N–H and O–H groups in total. The molecule has 0 heterocycles. The summed E-state index contributed by atoms with van der Waals surface area (Å²) >= 11 is 5.93. The molecule has 0 fully saturated rings. The number of rotatable bonds is 6. The fourth-order valence-electron chi connectivity index (χ4n) is 2.13. The summed E-state index contributed by atoms with van der Waals surface area (Å²) in [7, 11) is 0. The number of hydrogen-bond donors (Lipinski definition) is 2. The van der Waals surface area contributed by atoms with Gasteiger partial charge in [0.1, 0.15) is 0 Å². The second-order valence-electron chi connectivity index (χ2n) is 5.09. The molecule has 1 amide bonds. The Hall–Kier alpha value is -2.10. The number of nitrogens with one attached hydrogen (secondary N) is 2. The standard InChI is InChI=1S/C18H19ClN2O/c1-3-13(2)17(14-9-11-16(19)12-10-14)20-21-18(22)15-7-5-4-6-8-15/h3-13,17,20H,1H2,2H3,(H,21,22)/t13-,17-/m0/s1. The smallest absolute Gasteiger partial charge is 0.265 e. The Morgan fingerprint density at radius 2 is 1.77 bits per heavy atom. The lowest BCUT2D eigenvalue weighted by Crippen LogP contribution is -2.42. The predicted octanol–water partition coefficient (Wildman–Crippen LogP) is 4.14. The lowest BCUT2D eigenvalue weighted by Gasteiger charge is -2.24. The van der Waals surface area contributed by atoms with Crippen LogP contribution in [-0.2, 0) is 0 Å². The molecule has 4 heteroatoms. The summed E-state index contributed by atoms with van der Waals surface area (Å²) in [6, 6.07) is 16.5. The molecule has 0 radical (unpaired) electrons. The van der Waals surface area contributed by atoms with Gasteiger partial charge in [0.05, 0.1) is 6.04 Å². The van der Waals surface area contributed by atoms with E-state index in [1.54, 1.807) is 12.1 Å². The molecule has 2 aromatic rings. The molecular weight excluding hydrogens is 296 g/mol. The van der Waals surface area contributed by atoms with E-state index in [1.807, 2.05) is 55.5 Å². The van der Waals surface area contributed by atoms with Gasteiger partial charge in [0, 0.05) is 10.6 Å². The van der Waals surface area contributed by atoms with Crippen LogP contribution in [-0.4, -0.2) is 5.91 Å². The van der Waals surface area contributed by atoms with Crippen LogP contribution in [0.15, 0.2) is 67.3 Å². The number of carbonyl (C=O) groups excluding carboxylic acids is 1. The van der Waals surface area contributed by atoms with Crippen molar-refractivity contribution >= 4 is 17.5 Å². The maximum Gasteiger partial charge on any atom is 0.265 e. The maximum atomic E-state index is 12.1. The summed E-state index contributed by atoms with van der Waals surface area (Å²) in [6.07, 6.45) is 1.85. The molecule has 0 unspecified atom stereocenters. The van der Waals surface area contributed by atoms with Crippen LogP contribution in [0.3, 0.4) is 0 Å². The minimum absolute atomic E-state index is 0.0811. The molecule has 0 bridgehead atoms. The van der Waals surface area contributed by atoms with E-state index in [4.69, 9.17) is 11.6 Å². The maximum absolute atomic E-state index is 12.1. The van der Waals surface area contributed by atoms with Crippen LogP contribution in [0.4, 0.5) is 0 Å². The van der Waals surface area contributed by atoms with Crippen molar-refractivity contribution in [3.8, 4) is 0 Å². The summed E-state index contributed by atoms with van der Waals surface area (Å²) in [5.74, 6) is -0.0342. The van der Waals surface area contributed by atoms with Crippen LogP contribution in [0.25, 0.3) is 0 Å². The summed E-state index contributed by atoms with van der Waals surface area (Å²) in [5, 5.41) is 0.682. The molecule has 0 saturated heterocycles. The van der Waals surface area contributed by atoms with E-state index in [0.29, 0.717) is 10.6 Å². The Morgan fingerprint density at radius 1 is 1.14 bits per heavy atom. The molecule has 2 atom stereocenters. The zero-order chi connectivity index (χ0) is 15.9. The van der Waals surface area contributed by atoms with Gasteiger partial charge in [0.15, 0.2) is 0 Å². The summed E-state index contributed by atoms with van der Waals surface area (Å²) in [4.78, 5) is 12.1. The molecular formula is C18H19ClN2O. The Balaban J connectivity index is 2.09. The average molecular weight is 315 g/mol. The number of hydrazine groups is 1. The monoisotopic (exact) mass is 314 g/mol. The van der Waals surface area contributed by atoms with E-state index >= 15 is 0 Å². The molecule has 2 aromatic carbocycles. The molecule has 0 aliphatic rings. The van der Waals surface area contributed by atoms with Crippen molar-refractivity contribution in [3.05, 3.63) is 83.4 Å². The number of amides is 1. The topological polar surface area (TPSA) is 41.1 Å². The minimum atomic E-state index is -0.171. The SMILES string of the molecule is C=C[C@H](C)[C@H](NNC(=O)c1ccccc1)c1ccc(Cl)cc1. The zero-order valence-corrected chi connectivity index (χ0v) is 13.2. The quantitative estimate of drug-likeness (QED) is 0.621. The van der Waals surface area contributed by atoms with Gasteiger partial charge in [-0.25, -0.2) is 5.43 Å². The first-order chi connectivity index (χ1) is 10.6. The second kappa shape index (κ2) is 7.78. The van der Waals surface area contributed by atoms with Gasteiger partial charge in [-0.05, 0) is 35.7 Å². The van der Waals surface area contributed by atoms with Crippen molar-refractivity contribution in [1.29, 1.82) is 0 Å². The summed E-state index contributed by atoms with van der Waals surface area (Å²) in [5.41, 5.74) is 7.49. The van der Waals surface area contributed by atoms with Crippen molar-refractivity contribution in [2.75, 3.05) is 0 Å². The van der Waals surface area contributed by atoms with Gasteiger partial charge in [-0.3, -0.25) is 10.2 Å². The summed E-state index contributed by atoms with van der Waals surface area (Å²) < 4.78 is 0. The van der Waals surface area contributed by atoms with Gasteiger partial charge >= 0.3 is 0 Å². The van der Waals surface area contributed by atoms with Crippen LogP contribution in [0, 0.1) is 5.92 Å². The van der Waals surface area contributed by atoms with Crippen LogP contribution in [0.5, 0.6) is 0 Å². The van der Waals surface area contributed by atoms with E-state index in [0.717, 1.165) is 5.56 Å². The first-order valence-corrected chi connectivity index (χ1v) is 7.48. The van der Waals surface area contributed by atoms with Crippen molar-refractivity contribution in [2.24, 2.45) is 5.92 Å². The number of hydrogen-bond acceptors (Lipinski definition) is 2. The Labute approximate surface area is 136 Å². The molecule has 114 valence electrons. The van der Waals surface area contributed by atoms with Crippen LogP contribution in [0.1, 0.15) is 28.9 Å². The normalized spacial score (nSPS) is 13.2. The van der Waals surface area contributed by atoms with Gasteiger partial charge < -0.3 is 0 Å². The Bertz CT molecular complexity index is 625. The van der Waals surface area contributed by atoms with Gasteiger partial charge in [-0.15, -0.1) is 6.58 Å². The van der Waals surface area contributed by atoms with Gasteiger partial charge in [-0.2, -0.15) is 0 Å². The van der Waals surface area contributed by atoms with E-state index in [2.05, 4.69) is 17.4 Å². The first kappa shape index (κ1) is 16.3. The van der Waals surface area contributed by atoms with Crippen LogP contribution in [0.2, 0.25) is 5.02 Å². The molecule has 0 saturated carbocycles. The fourth-order valence-corrected chi connectivity index (χ4v) is 2.26. The Kier molecular flexibility index (Phi) is 5.75. The van der Waals surface area contributed by atoms with Crippen molar-refractivity contribution in [1.82, 2.24) is 10.9 Å². The third kappa shape index (κ3) is 4.20. The summed E-state index contributed by atoms with van der Waals surface area (Å²) in [6.45, 7) is 5.87. The number of benzene rings is 2. The third-order valence-corrected chi connectivity index (χ3v) is 3.76. The third-order valence-electron chi connectivity index (χ3n) is 3.50. The van der Waals surface area contributed by atoms with E-state index in [1.165, 1.54) is 0 Å². The van der Waals surface area contributed by atoms with E-state index in [-0.39, 0.29) is 17.9 Å². The molecule has 0 spiro atoms. The van der Waals surface area contributed by atoms with E-state index in [9.17, 15) is 4.79 Å². The van der Waals surface area contributed by atoms with E-state index < -0.39 is 0 Å².